The number of rotatable bonds is 3. The molecule has 5 nitrogen and oxygen atoms in total. The maximum absolute atomic E-state index is 12.5. The fraction of sp³-hybridized carbons (Fsp3) is 0.176. The van der Waals surface area contributed by atoms with Crippen LogP contribution in [0.15, 0.2) is 36.5 Å². The zero-order valence-electron chi connectivity index (χ0n) is 12.7. The molecular formula is C17H17N3O2. The molecule has 2 N–H and O–H groups in total. The molecule has 1 amide bonds. The number of benzene rings is 2. The summed E-state index contributed by atoms with van der Waals surface area (Å²) in [7, 11) is 1.63. The Bertz CT molecular complexity index is 852. The van der Waals surface area contributed by atoms with E-state index in [4.69, 9.17) is 4.74 Å². The molecule has 0 saturated carbocycles. The van der Waals surface area contributed by atoms with E-state index in [1.54, 1.807) is 19.4 Å². The van der Waals surface area contributed by atoms with Crippen molar-refractivity contribution in [1.82, 2.24) is 10.2 Å². The molecule has 5 heteroatoms. The first-order valence-electron chi connectivity index (χ1n) is 6.99. The number of methoxy groups -OCH3 is 1. The molecule has 3 rings (SSSR count). The molecule has 1 aromatic heterocycles. The minimum Gasteiger partial charge on any atom is -0.496 e. The summed E-state index contributed by atoms with van der Waals surface area (Å²) in [5.74, 6) is 0.648. The molecule has 0 fully saturated rings. The minimum absolute atomic E-state index is 0.137. The molecule has 0 atom stereocenters. The molecule has 0 aliphatic rings. The summed E-state index contributed by atoms with van der Waals surface area (Å²) in [4.78, 5) is 12.5. The maximum atomic E-state index is 12.5. The number of H-pyrrole nitrogens is 1. The topological polar surface area (TPSA) is 67.0 Å². The highest BCUT2D eigenvalue weighted by atomic mass is 16.5. The van der Waals surface area contributed by atoms with Crippen LogP contribution in [0.4, 0.5) is 5.69 Å². The van der Waals surface area contributed by atoms with Gasteiger partial charge in [0, 0.05) is 16.6 Å². The van der Waals surface area contributed by atoms with Gasteiger partial charge in [-0.25, -0.2) is 0 Å². The highest BCUT2D eigenvalue weighted by Gasteiger charge is 2.13. The number of amides is 1. The third-order valence-electron chi connectivity index (χ3n) is 3.90. The second kappa shape index (κ2) is 5.52. The lowest BCUT2D eigenvalue weighted by Gasteiger charge is -2.12. The van der Waals surface area contributed by atoms with Crippen LogP contribution in [0.3, 0.4) is 0 Å². The van der Waals surface area contributed by atoms with E-state index in [1.165, 1.54) is 0 Å². The second-order valence-corrected chi connectivity index (χ2v) is 5.19. The predicted molar refractivity (Wildman–Crippen MR) is 86.5 cm³/mol. The van der Waals surface area contributed by atoms with Gasteiger partial charge in [0.1, 0.15) is 5.75 Å². The summed E-state index contributed by atoms with van der Waals surface area (Å²) in [6.07, 6.45) is 1.75. The lowest BCUT2D eigenvalue weighted by atomic mass is 10.0. The highest BCUT2D eigenvalue weighted by molar-refractivity contribution is 6.06. The van der Waals surface area contributed by atoms with Gasteiger partial charge in [0.05, 0.1) is 18.8 Å². The van der Waals surface area contributed by atoms with Crippen LogP contribution in [-0.2, 0) is 0 Å². The van der Waals surface area contributed by atoms with Crippen LogP contribution in [0, 0.1) is 13.8 Å². The van der Waals surface area contributed by atoms with Gasteiger partial charge < -0.3 is 10.1 Å². The third kappa shape index (κ3) is 2.41. The van der Waals surface area contributed by atoms with E-state index < -0.39 is 0 Å². The Morgan fingerprint density at radius 3 is 2.77 bits per heavy atom. The first-order chi connectivity index (χ1) is 10.6. The third-order valence-corrected chi connectivity index (χ3v) is 3.90. The Labute approximate surface area is 128 Å². The molecule has 22 heavy (non-hydrogen) atoms. The zero-order valence-corrected chi connectivity index (χ0v) is 12.7. The molecule has 0 bridgehead atoms. The number of carbonyl (C=O) groups is 1. The van der Waals surface area contributed by atoms with Gasteiger partial charge >= 0.3 is 0 Å². The number of carbonyl (C=O) groups excluding carboxylic acids is 1. The number of anilines is 1. The first kappa shape index (κ1) is 14.1. The van der Waals surface area contributed by atoms with Crippen molar-refractivity contribution < 1.29 is 9.53 Å². The van der Waals surface area contributed by atoms with Crippen molar-refractivity contribution in [2.24, 2.45) is 0 Å². The summed E-state index contributed by atoms with van der Waals surface area (Å²) in [5, 5.41) is 10.8. The van der Waals surface area contributed by atoms with Gasteiger partial charge in [-0.3, -0.25) is 9.89 Å². The van der Waals surface area contributed by atoms with Crippen LogP contribution in [0.25, 0.3) is 10.9 Å². The van der Waals surface area contributed by atoms with Crippen molar-refractivity contribution in [3.8, 4) is 5.75 Å². The number of fused-ring (bicyclic) bond motifs is 1. The molecule has 0 saturated heterocycles. The van der Waals surface area contributed by atoms with Crippen LogP contribution in [0.2, 0.25) is 0 Å². The zero-order chi connectivity index (χ0) is 15.7. The number of nitrogens with zero attached hydrogens (tertiary/aromatic N) is 1. The second-order valence-electron chi connectivity index (χ2n) is 5.19. The van der Waals surface area contributed by atoms with Gasteiger partial charge in [0.25, 0.3) is 5.91 Å². The molecule has 0 aliphatic carbocycles. The van der Waals surface area contributed by atoms with Crippen molar-refractivity contribution in [3.63, 3.8) is 0 Å². The molecule has 112 valence electrons. The van der Waals surface area contributed by atoms with Gasteiger partial charge in [-0.1, -0.05) is 0 Å². The standard InChI is InChI=1S/C17H17N3O2/c1-10-11(2)16(22-3)7-6-14(10)17(21)19-13-5-4-12-9-18-20-15(12)8-13/h4-9H,1-3H3,(H,18,20)(H,19,21). The summed E-state index contributed by atoms with van der Waals surface area (Å²) >= 11 is 0. The van der Waals surface area contributed by atoms with E-state index in [2.05, 4.69) is 15.5 Å². The van der Waals surface area contributed by atoms with Crippen LogP contribution >= 0.6 is 0 Å². The smallest absolute Gasteiger partial charge is 0.255 e. The summed E-state index contributed by atoms with van der Waals surface area (Å²) in [6.45, 7) is 3.87. The van der Waals surface area contributed by atoms with Gasteiger partial charge in [-0.2, -0.15) is 5.10 Å². The van der Waals surface area contributed by atoms with Crippen molar-refractivity contribution in [2.75, 3.05) is 12.4 Å². The predicted octanol–water partition coefficient (Wildman–Crippen LogP) is 3.44. The van der Waals surface area contributed by atoms with E-state index in [-0.39, 0.29) is 5.91 Å². The number of aromatic nitrogens is 2. The molecule has 0 spiro atoms. The SMILES string of the molecule is COc1ccc(C(=O)Nc2ccc3cn[nH]c3c2)c(C)c1C. The lowest BCUT2D eigenvalue weighted by molar-refractivity contribution is 0.102. The number of hydrogen-bond donors (Lipinski definition) is 2. The fourth-order valence-corrected chi connectivity index (χ4v) is 2.48. The van der Waals surface area contributed by atoms with Crippen molar-refractivity contribution >= 4 is 22.5 Å². The summed E-state index contributed by atoms with van der Waals surface area (Å²) in [6, 6.07) is 9.24. The maximum Gasteiger partial charge on any atom is 0.255 e. The van der Waals surface area contributed by atoms with Gasteiger partial charge in [-0.15, -0.1) is 0 Å². The quantitative estimate of drug-likeness (QED) is 0.777. The average molecular weight is 295 g/mol. The Kier molecular flexibility index (Phi) is 3.55. The van der Waals surface area contributed by atoms with Crippen molar-refractivity contribution in [2.45, 2.75) is 13.8 Å². The van der Waals surface area contributed by atoms with E-state index >= 15 is 0 Å². The summed E-state index contributed by atoms with van der Waals surface area (Å²) < 4.78 is 5.28. The van der Waals surface area contributed by atoms with Crippen LogP contribution in [0.1, 0.15) is 21.5 Å². The van der Waals surface area contributed by atoms with Gasteiger partial charge in [0.2, 0.25) is 0 Å². The number of nitrogens with one attached hydrogen (secondary N) is 2. The van der Waals surface area contributed by atoms with Crippen LogP contribution in [0.5, 0.6) is 5.75 Å². The molecule has 1 heterocycles. The molecule has 0 aliphatic heterocycles. The number of aromatic amines is 1. The number of hydrogen-bond acceptors (Lipinski definition) is 3. The minimum atomic E-state index is -0.137. The largest absolute Gasteiger partial charge is 0.496 e. The van der Waals surface area contributed by atoms with Crippen LogP contribution < -0.4 is 10.1 Å². The molecule has 3 aromatic rings. The Hall–Kier alpha value is -2.82. The lowest BCUT2D eigenvalue weighted by Crippen LogP contribution is -2.14. The Morgan fingerprint density at radius 1 is 1.18 bits per heavy atom. The molecular weight excluding hydrogens is 278 g/mol. The van der Waals surface area contributed by atoms with Crippen molar-refractivity contribution in [1.29, 1.82) is 0 Å². The average Bonchev–Trinajstić information content (AvgIpc) is 2.97. The Morgan fingerprint density at radius 2 is 2.00 bits per heavy atom. The first-order valence-corrected chi connectivity index (χ1v) is 6.99. The van der Waals surface area contributed by atoms with Crippen molar-refractivity contribution in [3.05, 3.63) is 53.2 Å². The normalized spacial score (nSPS) is 10.7. The van der Waals surface area contributed by atoms with Gasteiger partial charge in [-0.05, 0) is 55.3 Å². The molecule has 2 aromatic carbocycles. The summed E-state index contributed by atoms with van der Waals surface area (Å²) in [5.41, 5.74) is 4.15. The molecule has 0 unspecified atom stereocenters. The van der Waals surface area contributed by atoms with E-state index in [9.17, 15) is 4.79 Å². The van der Waals surface area contributed by atoms with E-state index in [0.717, 1.165) is 33.5 Å². The monoisotopic (exact) mass is 295 g/mol. The molecule has 0 radical (unpaired) electrons. The van der Waals surface area contributed by atoms with E-state index in [0.29, 0.717) is 5.56 Å². The highest BCUT2D eigenvalue weighted by Crippen LogP contribution is 2.25. The van der Waals surface area contributed by atoms with E-state index in [1.807, 2.05) is 38.1 Å². The number of ether oxygens (including phenoxy) is 1. The fourth-order valence-electron chi connectivity index (χ4n) is 2.48. The van der Waals surface area contributed by atoms with Gasteiger partial charge in [0.15, 0.2) is 0 Å². The van der Waals surface area contributed by atoms with Crippen LogP contribution in [-0.4, -0.2) is 23.2 Å². The Balaban J connectivity index is 1.89.